The zero-order valence-electron chi connectivity index (χ0n) is 18.0. The molecule has 1 fully saturated rings. The average molecular weight is 429 g/mol. The van der Waals surface area contributed by atoms with E-state index in [1.54, 1.807) is 26.6 Å². The first kappa shape index (κ1) is 20.0. The van der Waals surface area contributed by atoms with Crippen LogP contribution in [-0.4, -0.2) is 62.6 Å². The highest BCUT2D eigenvalue weighted by Crippen LogP contribution is 2.26. The maximum absolute atomic E-state index is 13.5. The number of nitrogens with zero attached hydrogens (tertiary/aromatic N) is 5. The van der Waals surface area contributed by atoms with Gasteiger partial charge in [-0.15, -0.1) is 0 Å². The second-order valence-corrected chi connectivity index (χ2v) is 7.90. The number of carbonyl (C=O) groups excluding carboxylic acids is 2. The van der Waals surface area contributed by atoms with E-state index < -0.39 is 0 Å². The van der Waals surface area contributed by atoms with Crippen molar-refractivity contribution >= 4 is 22.8 Å². The van der Waals surface area contributed by atoms with Crippen LogP contribution in [-0.2, 0) is 0 Å². The number of piperazine rings is 1. The van der Waals surface area contributed by atoms with E-state index in [9.17, 15) is 9.59 Å². The summed E-state index contributed by atoms with van der Waals surface area (Å²) in [4.78, 5) is 34.2. The zero-order valence-corrected chi connectivity index (χ0v) is 18.0. The van der Waals surface area contributed by atoms with Crippen molar-refractivity contribution in [3.63, 3.8) is 0 Å². The second kappa shape index (κ2) is 7.96. The van der Waals surface area contributed by atoms with Gasteiger partial charge in [0.05, 0.1) is 28.6 Å². The first-order valence-electron chi connectivity index (χ1n) is 10.6. The third-order valence-corrected chi connectivity index (χ3v) is 5.76. The summed E-state index contributed by atoms with van der Waals surface area (Å²) in [5.41, 5.74) is 3.67. The fraction of sp³-hybridized carbons (Fsp3) is 0.250. The van der Waals surface area contributed by atoms with Crippen molar-refractivity contribution < 1.29 is 14.0 Å². The van der Waals surface area contributed by atoms with Crippen LogP contribution < -0.4 is 0 Å². The van der Waals surface area contributed by atoms with Gasteiger partial charge in [0.1, 0.15) is 0 Å². The van der Waals surface area contributed by atoms with Crippen molar-refractivity contribution in [3.8, 4) is 5.69 Å². The van der Waals surface area contributed by atoms with Crippen LogP contribution in [0.3, 0.4) is 0 Å². The number of hydrogen-bond donors (Lipinski definition) is 0. The molecule has 2 amide bonds. The van der Waals surface area contributed by atoms with E-state index >= 15 is 0 Å². The number of aryl methyl sites for hydroxylation is 2. The highest BCUT2D eigenvalue weighted by atomic mass is 16.3. The lowest BCUT2D eigenvalue weighted by Gasteiger charge is -2.34. The number of para-hydroxylation sites is 1. The van der Waals surface area contributed by atoms with Gasteiger partial charge in [0.25, 0.3) is 11.8 Å². The van der Waals surface area contributed by atoms with Crippen LogP contribution in [0.5, 0.6) is 0 Å². The lowest BCUT2D eigenvalue weighted by Crippen LogP contribution is -2.50. The van der Waals surface area contributed by atoms with E-state index in [1.165, 1.54) is 6.26 Å². The third-order valence-electron chi connectivity index (χ3n) is 5.76. The van der Waals surface area contributed by atoms with Gasteiger partial charge < -0.3 is 14.2 Å². The Balaban J connectivity index is 1.43. The first-order chi connectivity index (χ1) is 15.5. The highest BCUT2D eigenvalue weighted by Gasteiger charge is 2.29. The maximum atomic E-state index is 13.5. The van der Waals surface area contributed by atoms with Gasteiger partial charge >= 0.3 is 0 Å². The van der Waals surface area contributed by atoms with Crippen molar-refractivity contribution in [2.45, 2.75) is 13.8 Å². The monoisotopic (exact) mass is 429 g/mol. The molecule has 32 heavy (non-hydrogen) atoms. The second-order valence-electron chi connectivity index (χ2n) is 7.90. The average Bonchev–Trinajstić information content (AvgIpc) is 3.47. The predicted molar refractivity (Wildman–Crippen MR) is 119 cm³/mol. The largest absolute Gasteiger partial charge is 0.459 e. The molecule has 0 bridgehead atoms. The van der Waals surface area contributed by atoms with Gasteiger partial charge in [0.15, 0.2) is 11.4 Å². The number of fused-ring (bicyclic) bond motifs is 1. The number of pyridine rings is 1. The van der Waals surface area contributed by atoms with Crippen molar-refractivity contribution in [2.24, 2.45) is 0 Å². The molecule has 0 spiro atoms. The quantitative estimate of drug-likeness (QED) is 0.499. The fourth-order valence-electron chi connectivity index (χ4n) is 4.17. The number of amides is 2. The van der Waals surface area contributed by atoms with Crippen molar-refractivity contribution in [2.75, 3.05) is 26.2 Å². The molecule has 4 aromatic rings. The Labute approximate surface area is 185 Å². The van der Waals surface area contributed by atoms with Crippen LogP contribution in [0.1, 0.15) is 32.3 Å². The minimum atomic E-state index is -0.149. The fourth-order valence-corrected chi connectivity index (χ4v) is 4.17. The molecule has 8 heteroatoms. The van der Waals surface area contributed by atoms with Gasteiger partial charge in [-0.3, -0.25) is 9.59 Å². The summed E-state index contributed by atoms with van der Waals surface area (Å²) in [6, 6.07) is 15.0. The van der Waals surface area contributed by atoms with E-state index in [1.807, 2.05) is 50.2 Å². The summed E-state index contributed by atoms with van der Waals surface area (Å²) in [7, 11) is 0. The normalized spacial score (nSPS) is 14.2. The molecule has 5 rings (SSSR count). The molecular weight excluding hydrogens is 406 g/mol. The number of rotatable bonds is 3. The Morgan fingerprint density at radius 3 is 2.25 bits per heavy atom. The van der Waals surface area contributed by atoms with Crippen LogP contribution in [0.15, 0.2) is 59.2 Å². The molecule has 0 N–H and O–H groups in total. The number of aromatic nitrogens is 3. The lowest BCUT2D eigenvalue weighted by atomic mass is 10.1. The Morgan fingerprint density at radius 1 is 0.906 bits per heavy atom. The van der Waals surface area contributed by atoms with E-state index in [0.717, 1.165) is 22.5 Å². The lowest BCUT2D eigenvalue weighted by molar-refractivity contribution is 0.0519. The minimum Gasteiger partial charge on any atom is -0.459 e. The number of benzene rings is 1. The Hall–Kier alpha value is -3.94. The van der Waals surface area contributed by atoms with Crippen molar-refractivity contribution in [1.29, 1.82) is 0 Å². The number of hydrogen-bond acceptors (Lipinski definition) is 5. The predicted octanol–water partition coefficient (Wildman–Crippen LogP) is 3.23. The molecule has 1 aliphatic heterocycles. The summed E-state index contributed by atoms with van der Waals surface area (Å²) in [6.45, 7) is 5.62. The summed E-state index contributed by atoms with van der Waals surface area (Å²) in [6.07, 6.45) is 1.49. The van der Waals surface area contributed by atoms with Gasteiger partial charge in [-0.1, -0.05) is 18.2 Å². The summed E-state index contributed by atoms with van der Waals surface area (Å²) >= 11 is 0. The van der Waals surface area contributed by atoms with Gasteiger partial charge in [-0.05, 0) is 44.2 Å². The molecule has 4 heterocycles. The van der Waals surface area contributed by atoms with E-state index in [4.69, 9.17) is 9.40 Å². The molecule has 162 valence electrons. The van der Waals surface area contributed by atoms with Crippen LogP contribution in [0.25, 0.3) is 16.7 Å². The molecule has 0 radical (unpaired) electrons. The molecule has 0 atom stereocenters. The highest BCUT2D eigenvalue weighted by molar-refractivity contribution is 6.07. The van der Waals surface area contributed by atoms with Gasteiger partial charge in [-0.25, -0.2) is 9.67 Å². The molecule has 0 aliphatic carbocycles. The van der Waals surface area contributed by atoms with Crippen LogP contribution >= 0.6 is 0 Å². The van der Waals surface area contributed by atoms with Gasteiger partial charge in [0, 0.05) is 31.9 Å². The van der Waals surface area contributed by atoms with E-state index in [-0.39, 0.29) is 11.8 Å². The summed E-state index contributed by atoms with van der Waals surface area (Å²) in [5, 5.41) is 5.44. The molecule has 0 unspecified atom stereocenters. The SMILES string of the molecule is Cc1cc(C(=O)N2CCN(C(=O)c3ccco3)CC2)c2c(C)nn(-c3ccccc3)c2n1. The van der Waals surface area contributed by atoms with E-state index in [2.05, 4.69) is 5.10 Å². The Bertz CT molecular complexity index is 1290. The van der Waals surface area contributed by atoms with Gasteiger partial charge in [-0.2, -0.15) is 5.10 Å². The molecule has 1 saturated heterocycles. The smallest absolute Gasteiger partial charge is 0.289 e. The van der Waals surface area contributed by atoms with Gasteiger partial charge in [0.2, 0.25) is 0 Å². The van der Waals surface area contributed by atoms with Crippen molar-refractivity contribution in [3.05, 3.63) is 77.5 Å². The minimum absolute atomic E-state index is 0.0682. The topological polar surface area (TPSA) is 84.5 Å². The third kappa shape index (κ3) is 3.43. The van der Waals surface area contributed by atoms with Crippen LogP contribution in [0, 0.1) is 13.8 Å². The zero-order chi connectivity index (χ0) is 22.2. The molecule has 0 saturated carbocycles. The standard InChI is InChI=1S/C24H23N5O3/c1-16-15-19(21-17(2)26-29(22(21)25-16)18-7-4-3-5-8-18)23(30)27-10-12-28(13-11-27)24(31)20-9-6-14-32-20/h3-9,14-15H,10-13H2,1-2H3. The Kier molecular flexibility index (Phi) is 4.97. The van der Waals surface area contributed by atoms with E-state index in [0.29, 0.717) is 43.1 Å². The molecule has 1 aliphatic rings. The molecular formula is C24H23N5O3. The molecule has 3 aromatic heterocycles. The maximum Gasteiger partial charge on any atom is 0.289 e. The van der Waals surface area contributed by atoms with Crippen LogP contribution in [0.2, 0.25) is 0 Å². The molecule has 8 nitrogen and oxygen atoms in total. The Morgan fingerprint density at radius 2 is 1.59 bits per heavy atom. The van der Waals surface area contributed by atoms with Crippen LogP contribution in [0.4, 0.5) is 0 Å². The summed E-state index contributed by atoms with van der Waals surface area (Å²) in [5.74, 6) is 0.103. The van der Waals surface area contributed by atoms with Crippen molar-refractivity contribution in [1.82, 2.24) is 24.6 Å². The number of furan rings is 1. The first-order valence-corrected chi connectivity index (χ1v) is 10.6. The summed E-state index contributed by atoms with van der Waals surface area (Å²) < 4.78 is 7.00. The molecule has 1 aromatic carbocycles. The number of carbonyl (C=O) groups is 2.